The van der Waals surface area contributed by atoms with Crippen LogP contribution < -0.4 is 5.32 Å². The van der Waals surface area contributed by atoms with E-state index in [9.17, 15) is 4.39 Å². The van der Waals surface area contributed by atoms with Gasteiger partial charge >= 0.3 is 0 Å². The molecule has 9 heteroatoms. The highest BCUT2D eigenvalue weighted by molar-refractivity contribution is 5.80. The van der Waals surface area contributed by atoms with E-state index in [1.165, 1.54) is 25.0 Å². The van der Waals surface area contributed by atoms with Crippen molar-refractivity contribution in [3.63, 3.8) is 0 Å². The van der Waals surface area contributed by atoms with Crippen LogP contribution in [0.1, 0.15) is 31.4 Å². The maximum atomic E-state index is 13.7. The van der Waals surface area contributed by atoms with Crippen LogP contribution in [0.2, 0.25) is 0 Å². The van der Waals surface area contributed by atoms with Crippen molar-refractivity contribution < 1.29 is 9.13 Å². The molecule has 1 aliphatic heterocycles. The van der Waals surface area contributed by atoms with Gasteiger partial charge in [0.1, 0.15) is 17.5 Å². The summed E-state index contributed by atoms with van der Waals surface area (Å²) < 4.78 is 21.1. The van der Waals surface area contributed by atoms with Gasteiger partial charge in [-0.3, -0.25) is 9.47 Å². The number of nitrogens with zero attached hydrogens (tertiary/aromatic N) is 6. The fourth-order valence-corrected chi connectivity index (χ4v) is 5.06. The Morgan fingerprint density at radius 3 is 2.56 bits per heavy atom. The number of pyridine rings is 1. The molecule has 1 saturated heterocycles. The van der Waals surface area contributed by atoms with Crippen molar-refractivity contribution in [2.24, 2.45) is 0 Å². The normalized spacial score (nSPS) is 17.1. The molecule has 186 valence electrons. The first kappa shape index (κ1) is 23.0. The van der Waals surface area contributed by atoms with Crippen LogP contribution in [-0.4, -0.2) is 68.3 Å². The monoisotopic (exact) mass is 487 g/mol. The first-order valence-corrected chi connectivity index (χ1v) is 12.8. The third-order valence-electron chi connectivity index (χ3n) is 7.03. The Hall–Kier alpha value is -3.43. The molecule has 3 aromatic heterocycles. The van der Waals surface area contributed by atoms with E-state index >= 15 is 0 Å². The Morgan fingerprint density at radius 1 is 0.944 bits per heavy atom. The lowest BCUT2D eigenvalue weighted by Crippen LogP contribution is -2.37. The zero-order valence-corrected chi connectivity index (χ0v) is 20.2. The molecular formula is C27H30FN7O. The number of benzene rings is 1. The molecular weight excluding hydrogens is 457 g/mol. The minimum absolute atomic E-state index is 0.282. The van der Waals surface area contributed by atoms with Crippen molar-refractivity contribution in [3.8, 4) is 17.2 Å². The van der Waals surface area contributed by atoms with Gasteiger partial charge in [-0.15, -0.1) is 0 Å². The lowest BCUT2D eigenvalue weighted by Gasteiger charge is -2.26. The zero-order chi connectivity index (χ0) is 24.3. The summed E-state index contributed by atoms with van der Waals surface area (Å²) in [5.41, 5.74) is 3.30. The first-order chi connectivity index (χ1) is 17.7. The number of hydrogen-bond acceptors (Lipinski definition) is 7. The van der Waals surface area contributed by atoms with Crippen LogP contribution in [0.5, 0.6) is 0 Å². The molecule has 6 rings (SSSR count). The SMILES string of the molecule is Fc1ccc(-c2nc3nc(CCN4CCOCC4)ccc3n2-c2ccnc(NC3CCCC3)n2)cc1. The number of anilines is 1. The van der Waals surface area contributed by atoms with Crippen LogP contribution in [-0.2, 0) is 11.2 Å². The Balaban J connectivity index is 1.36. The van der Waals surface area contributed by atoms with Gasteiger partial charge in [-0.05, 0) is 55.3 Å². The largest absolute Gasteiger partial charge is 0.379 e. The Labute approximate surface area is 209 Å². The van der Waals surface area contributed by atoms with Gasteiger partial charge in [0.25, 0.3) is 0 Å². The van der Waals surface area contributed by atoms with Crippen molar-refractivity contribution in [2.45, 2.75) is 38.1 Å². The lowest BCUT2D eigenvalue weighted by atomic mass is 10.2. The molecule has 2 aliphatic rings. The molecule has 2 fully saturated rings. The van der Waals surface area contributed by atoms with Gasteiger partial charge in [-0.1, -0.05) is 12.8 Å². The van der Waals surface area contributed by atoms with Crippen LogP contribution in [0.4, 0.5) is 10.3 Å². The van der Waals surface area contributed by atoms with E-state index in [-0.39, 0.29) is 5.82 Å². The van der Waals surface area contributed by atoms with Crippen LogP contribution >= 0.6 is 0 Å². The quantitative estimate of drug-likeness (QED) is 0.417. The number of aromatic nitrogens is 5. The fourth-order valence-electron chi connectivity index (χ4n) is 5.06. The molecule has 0 amide bonds. The summed E-state index contributed by atoms with van der Waals surface area (Å²) in [6, 6.07) is 12.8. The van der Waals surface area contributed by atoms with E-state index in [1.807, 2.05) is 10.6 Å². The fraction of sp³-hybridized carbons (Fsp3) is 0.407. The molecule has 1 aliphatic carbocycles. The van der Waals surface area contributed by atoms with Crippen LogP contribution in [0.25, 0.3) is 28.4 Å². The number of rotatable bonds is 7. The maximum absolute atomic E-state index is 13.7. The second-order valence-corrected chi connectivity index (χ2v) is 9.49. The average molecular weight is 488 g/mol. The predicted molar refractivity (Wildman–Crippen MR) is 137 cm³/mol. The summed E-state index contributed by atoms with van der Waals surface area (Å²) in [7, 11) is 0. The van der Waals surface area contributed by atoms with E-state index < -0.39 is 0 Å². The summed E-state index contributed by atoms with van der Waals surface area (Å²) in [5.74, 6) is 1.71. The van der Waals surface area contributed by atoms with Crippen molar-refractivity contribution in [1.29, 1.82) is 0 Å². The first-order valence-electron chi connectivity index (χ1n) is 12.8. The molecule has 0 unspecified atom stereocenters. The number of halogens is 1. The van der Waals surface area contributed by atoms with Crippen LogP contribution in [0.15, 0.2) is 48.7 Å². The number of nitrogens with one attached hydrogen (secondary N) is 1. The molecule has 1 aromatic carbocycles. The molecule has 8 nitrogen and oxygen atoms in total. The molecule has 0 bridgehead atoms. The maximum Gasteiger partial charge on any atom is 0.224 e. The summed E-state index contributed by atoms with van der Waals surface area (Å²) in [5, 5.41) is 3.48. The standard InChI is InChI=1S/C27H30FN7O/c28-20-7-5-19(6-8-20)26-33-25-23(10-9-22(30-25)12-14-34-15-17-36-18-16-34)35(26)24-11-13-29-27(32-24)31-21-3-1-2-4-21/h5-11,13,21H,1-4,12,14-18H2,(H,29,31,32). The topological polar surface area (TPSA) is 81.0 Å². The third kappa shape index (κ3) is 4.94. The predicted octanol–water partition coefficient (Wildman–Crippen LogP) is 4.25. The molecule has 1 N–H and O–H groups in total. The summed E-state index contributed by atoms with van der Waals surface area (Å²) in [6.45, 7) is 4.42. The van der Waals surface area contributed by atoms with Crippen molar-refractivity contribution in [3.05, 3.63) is 60.2 Å². The smallest absolute Gasteiger partial charge is 0.224 e. The number of hydrogen-bond donors (Lipinski definition) is 1. The van der Waals surface area contributed by atoms with E-state index in [1.54, 1.807) is 18.3 Å². The third-order valence-corrected chi connectivity index (χ3v) is 7.03. The number of ether oxygens (including phenoxy) is 1. The van der Waals surface area contributed by atoms with Crippen molar-refractivity contribution in [2.75, 3.05) is 38.2 Å². The highest BCUT2D eigenvalue weighted by atomic mass is 19.1. The lowest BCUT2D eigenvalue weighted by molar-refractivity contribution is 0.0383. The van der Waals surface area contributed by atoms with Gasteiger partial charge in [-0.25, -0.2) is 19.3 Å². The minimum atomic E-state index is -0.282. The number of imidazole rings is 1. The molecule has 4 heterocycles. The highest BCUT2D eigenvalue weighted by Crippen LogP contribution is 2.28. The zero-order valence-electron chi connectivity index (χ0n) is 20.2. The molecule has 0 spiro atoms. The summed E-state index contributed by atoms with van der Waals surface area (Å²) >= 11 is 0. The second kappa shape index (κ2) is 10.3. The van der Waals surface area contributed by atoms with E-state index in [4.69, 9.17) is 19.7 Å². The summed E-state index contributed by atoms with van der Waals surface area (Å²) in [4.78, 5) is 21.5. The molecule has 4 aromatic rings. The van der Waals surface area contributed by atoms with E-state index in [0.717, 1.165) is 68.9 Å². The van der Waals surface area contributed by atoms with Gasteiger partial charge in [0, 0.05) is 49.6 Å². The van der Waals surface area contributed by atoms with Crippen molar-refractivity contribution in [1.82, 2.24) is 29.4 Å². The second-order valence-electron chi connectivity index (χ2n) is 9.49. The molecule has 0 radical (unpaired) electrons. The van der Waals surface area contributed by atoms with Crippen molar-refractivity contribution >= 4 is 17.1 Å². The molecule has 1 saturated carbocycles. The Kier molecular flexibility index (Phi) is 6.57. The van der Waals surface area contributed by atoms with Crippen LogP contribution in [0, 0.1) is 5.82 Å². The Morgan fingerprint density at radius 2 is 1.75 bits per heavy atom. The molecule has 36 heavy (non-hydrogen) atoms. The van der Waals surface area contributed by atoms with E-state index in [2.05, 4.69) is 27.3 Å². The average Bonchev–Trinajstić information content (AvgIpc) is 3.56. The van der Waals surface area contributed by atoms with Gasteiger partial charge < -0.3 is 10.1 Å². The van der Waals surface area contributed by atoms with Gasteiger partial charge in [0.2, 0.25) is 5.95 Å². The van der Waals surface area contributed by atoms with Gasteiger partial charge in [-0.2, -0.15) is 4.98 Å². The number of fused-ring (bicyclic) bond motifs is 1. The van der Waals surface area contributed by atoms with Crippen LogP contribution in [0.3, 0.4) is 0 Å². The minimum Gasteiger partial charge on any atom is -0.379 e. The number of morpholine rings is 1. The molecule has 0 atom stereocenters. The Bertz CT molecular complexity index is 1330. The van der Waals surface area contributed by atoms with Gasteiger partial charge in [0.05, 0.1) is 18.7 Å². The highest BCUT2D eigenvalue weighted by Gasteiger charge is 2.20. The summed E-state index contributed by atoms with van der Waals surface area (Å²) in [6.07, 6.45) is 7.36. The van der Waals surface area contributed by atoms with E-state index in [0.29, 0.717) is 29.3 Å². The van der Waals surface area contributed by atoms with Gasteiger partial charge in [0.15, 0.2) is 5.65 Å².